The van der Waals surface area contributed by atoms with Crippen LogP contribution in [0.5, 0.6) is 5.75 Å². The second-order valence-corrected chi connectivity index (χ2v) is 46.0. The van der Waals surface area contributed by atoms with Gasteiger partial charge < -0.3 is 73.3 Å². The molecule has 33 nitrogen and oxygen atoms in total. The van der Waals surface area contributed by atoms with Gasteiger partial charge >= 0.3 is 24.2 Å². The zero-order valence-corrected chi connectivity index (χ0v) is 92.1. The number of nitrogens with one attached hydrogen (secondary N) is 1. The van der Waals surface area contributed by atoms with Crippen molar-refractivity contribution in [1.82, 2.24) is 83.7 Å². The largest absolute Gasteiger partial charge is 0.453 e. The lowest BCUT2D eigenvalue weighted by Gasteiger charge is -2.37. The first kappa shape index (κ1) is 113. The van der Waals surface area contributed by atoms with E-state index in [-0.39, 0.29) is 112 Å². The summed E-state index contributed by atoms with van der Waals surface area (Å²) in [5, 5.41) is 2.81. The van der Waals surface area contributed by atoms with Gasteiger partial charge in [-0.05, 0) is 235 Å². The molecule has 11 aliphatic heterocycles. The molecule has 5 saturated heterocycles. The molecular formula is C117H157N17O16. The van der Waals surface area contributed by atoms with Crippen LogP contribution in [-0.2, 0) is 105 Å². The molecule has 11 heterocycles. The Hall–Kier alpha value is -12.9. The van der Waals surface area contributed by atoms with Crippen LogP contribution >= 0.6 is 0 Å². The first-order valence-corrected chi connectivity index (χ1v) is 53.0. The molecule has 11 aliphatic rings. The molecule has 0 radical (unpaired) electrons. The Morgan fingerprint density at radius 3 is 0.893 bits per heavy atom. The number of esters is 1. The number of amides is 11. The summed E-state index contributed by atoms with van der Waals surface area (Å²) in [6, 6.07) is 48.1. The fraction of sp³-hybridized carbons (Fsp3) is 0.521. The summed E-state index contributed by atoms with van der Waals surface area (Å²) < 4.78 is 20.5. The van der Waals surface area contributed by atoms with E-state index in [2.05, 4.69) is 164 Å². The van der Waals surface area contributed by atoms with Crippen molar-refractivity contribution in [3.63, 3.8) is 0 Å². The second-order valence-electron chi connectivity index (χ2n) is 46.0. The van der Waals surface area contributed by atoms with Gasteiger partial charge in [-0.2, -0.15) is 0 Å². The van der Waals surface area contributed by atoms with Crippen LogP contribution in [0.15, 0.2) is 163 Å². The van der Waals surface area contributed by atoms with Crippen LogP contribution in [0.3, 0.4) is 0 Å². The number of nitrogens with zero attached hydrogens (tertiary/aromatic N) is 16. The number of benzene rings is 7. The Labute approximate surface area is 886 Å². The van der Waals surface area contributed by atoms with Crippen molar-refractivity contribution in [2.75, 3.05) is 159 Å². The number of cyclic esters (lactones) is 1. The van der Waals surface area contributed by atoms with Crippen molar-refractivity contribution < 1.29 is 76.5 Å². The van der Waals surface area contributed by atoms with Crippen LogP contribution in [0.2, 0.25) is 0 Å². The second kappa shape index (κ2) is 48.2. The minimum atomic E-state index is -0.613. The fourth-order valence-corrected chi connectivity index (χ4v) is 20.6. The number of rotatable bonds is 14. The van der Waals surface area contributed by atoms with Gasteiger partial charge in [-0.15, -0.1) is 0 Å². The van der Waals surface area contributed by atoms with Crippen molar-refractivity contribution >= 4 is 71.5 Å². The van der Waals surface area contributed by atoms with Gasteiger partial charge in [0.05, 0.1) is 19.6 Å². The summed E-state index contributed by atoms with van der Waals surface area (Å²) in [5.41, 5.74) is 17.8. The first-order valence-electron chi connectivity index (χ1n) is 53.0. The molecule has 33 heteroatoms. The maximum atomic E-state index is 13.5. The highest BCUT2D eigenvalue weighted by atomic mass is 16.6. The lowest BCUT2D eigenvalue weighted by molar-refractivity contribution is -0.137. The van der Waals surface area contributed by atoms with Crippen LogP contribution in [0.4, 0.5) is 14.4 Å². The lowest BCUT2D eigenvalue weighted by atomic mass is 10.0. The molecule has 18 rings (SSSR count). The summed E-state index contributed by atoms with van der Waals surface area (Å²) in [6.07, 6.45) is -0.518. The van der Waals surface area contributed by atoms with Crippen molar-refractivity contribution in [3.05, 3.63) is 252 Å². The Kier molecular flexibility index (Phi) is 36.2. The summed E-state index contributed by atoms with van der Waals surface area (Å²) in [7, 11) is 5.21. The molecule has 0 bridgehead atoms. The van der Waals surface area contributed by atoms with Crippen molar-refractivity contribution in [2.24, 2.45) is 0 Å². The fourth-order valence-electron chi connectivity index (χ4n) is 20.6. The number of carbonyl (C=O) groups excluding carboxylic acids is 12. The van der Waals surface area contributed by atoms with Gasteiger partial charge in [0.15, 0.2) is 0 Å². The smallest absolute Gasteiger partial charge is 0.415 e. The number of likely N-dealkylation sites (N-methyl/N-ethyl adjacent to an activating group) is 1. The quantitative estimate of drug-likeness (QED) is 0.0781. The van der Waals surface area contributed by atoms with E-state index in [1.54, 1.807) is 38.7 Å². The number of methoxy groups -OCH3 is 1. The minimum Gasteiger partial charge on any atom is -0.453 e. The highest BCUT2D eigenvalue weighted by Gasteiger charge is 2.42. The third-order valence-electron chi connectivity index (χ3n) is 30.7. The van der Waals surface area contributed by atoms with Crippen molar-refractivity contribution in [2.45, 2.75) is 243 Å². The third kappa shape index (κ3) is 27.7. The zero-order valence-electron chi connectivity index (χ0n) is 92.1. The Morgan fingerprint density at radius 1 is 0.347 bits per heavy atom. The molecule has 2 atom stereocenters. The maximum absolute atomic E-state index is 13.5. The Balaban J connectivity index is 0.000000148. The van der Waals surface area contributed by atoms with E-state index < -0.39 is 12.1 Å². The topological polar surface area (TPSA) is 306 Å². The molecule has 1 N–H and O–H groups in total. The highest BCUT2D eigenvalue weighted by molar-refractivity contribution is 6.00. The molecule has 11 amide bonds. The van der Waals surface area contributed by atoms with Crippen LogP contribution < -0.4 is 10.1 Å². The summed E-state index contributed by atoms with van der Waals surface area (Å²) in [4.78, 5) is 183. The van der Waals surface area contributed by atoms with Crippen molar-refractivity contribution in [1.29, 1.82) is 0 Å². The van der Waals surface area contributed by atoms with Crippen LogP contribution in [0.25, 0.3) is 0 Å². The van der Waals surface area contributed by atoms with E-state index in [9.17, 15) is 57.5 Å². The van der Waals surface area contributed by atoms with Gasteiger partial charge in [-0.25, -0.2) is 14.4 Å². The molecule has 0 spiro atoms. The molecule has 0 saturated carbocycles. The van der Waals surface area contributed by atoms with E-state index in [0.717, 1.165) is 121 Å². The molecule has 7 aromatic rings. The van der Waals surface area contributed by atoms with Gasteiger partial charge in [0.1, 0.15) is 24.2 Å². The van der Waals surface area contributed by atoms with Crippen LogP contribution in [0, 0.1) is 0 Å². The number of allylic oxidation sites excluding steroid dienone is 1. The first-order chi connectivity index (χ1) is 71.0. The van der Waals surface area contributed by atoms with Gasteiger partial charge in [-0.3, -0.25) is 72.6 Å². The predicted molar refractivity (Wildman–Crippen MR) is 575 cm³/mol. The van der Waals surface area contributed by atoms with E-state index in [1.165, 1.54) is 47.4 Å². The zero-order chi connectivity index (χ0) is 108. The number of piperazine rings is 5. The number of fused-ring (bicyclic) bond motifs is 5. The van der Waals surface area contributed by atoms with Crippen molar-refractivity contribution in [3.8, 4) is 5.75 Å². The van der Waals surface area contributed by atoms with Crippen LogP contribution in [-0.4, -0.2) is 348 Å². The van der Waals surface area contributed by atoms with E-state index in [4.69, 9.17) is 18.9 Å². The maximum Gasteiger partial charge on any atom is 0.415 e. The normalized spacial score (nSPS) is 18.1. The number of hydrogen-bond donors (Lipinski definition) is 1. The molecule has 5 fully saturated rings. The number of ether oxygens (including phenoxy) is 4. The lowest BCUT2D eigenvalue weighted by Crippen LogP contribution is -2.56. The van der Waals surface area contributed by atoms with E-state index >= 15 is 0 Å². The average Bonchev–Trinajstić information content (AvgIpc) is 1.64. The molecule has 0 aromatic heterocycles. The van der Waals surface area contributed by atoms with Gasteiger partial charge in [0, 0.05) is 271 Å². The number of para-hydroxylation sites is 1. The molecule has 7 aromatic carbocycles. The summed E-state index contributed by atoms with van der Waals surface area (Å²) >= 11 is 0. The van der Waals surface area contributed by atoms with Gasteiger partial charge in [-0.1, -0.05) is 109 Å². The third-order valence-corrected chi connectivity index (χ3v) is 30.7. The van der Waals surface area contributed by atoms with Crippen LogP contribution in [0.1, 0.15) is 244 Å². The monoisotopic (exact) mass is 2060 g/mol. The summed E-state index contributed by atoms with van der Waals surface area (Å²) in [6.45, 7) is 56.6. The SMILES string of the molecule is CC(=O)NC(Cc1ccccc1)C(=O)N1CCN(C(=O)c2cccc3c2CN(C(C)(C)C)C3)CC1.CC(C(=O)N1CCN(C(=O)c2cccc3c2CN(C(C)(C)C)C3)CC1)N(C)C.CC(C)(C)N1Cc2cccc(C(=O)N3CCN(C(=O)Oc4ccccc4)CC3)c2C1.CC1=C(COC(=O)N2CCN(C(=O)c3cccc4c3CN(C(C)(C)C)C4)CC2)CC(=O)O1.COC(=O)N1CCN(C(=O)c2cccc3c2CN(C(C)(C)C)C3)CC1. The van der Waals surface area contributed by atoms with Gasteiger partial charge in [0.2, 0.25) is 17.7 Å². The number of hydrogen-bond acceptors (Lipinski definition) is 22. The standard InChI is InChI=1S/C28H36N4O3.C24H31N3O5.C24H29N3O3.C22H34N4O2.C19H27N3O3/c1-20(33)29-25(17-21-9-6-5-7-10-21)27(35)31-15-13-30(14-16-31)26(34)23-12-8-11-22-18-32(19-24(22)23)28(2,3)4;1-16-18(12-21(28)32-16)15-31-23(30)26-10-8-25(9-11-26)22(29)19-7-5-6-17-13-27(14-20(17)19)24(2,3)4;1-24(2,3)27-16-18-8-7-11-20(21(18)17-27)22(28)25-12-14-26(15-13-25)23(29)30-19-9-5-4-6-10-19;1-16(23(5)6)20(27)24-10-12-25(13-11-24)21(28)18-9-7-8-17-14-26(15-19(17)18)22(2,3)4;1-19(2,3)22-12-14-6-5-7-15(16(14)13-22)17(23)20-8-10-21(11-9-20)18(24)25-4/h5-12,25H,13-19H2,1-4H3,(H,29,33);5-7H,8-15H2,1-4H3;4-11H,12-17H2,1-3H3;7-9,16H,10-15H2,1-6H3;5-7H,8-13H2,1-4H3. The number of carbonyl (C=O) groups is 12. The molecule has 0 aliphatic carbocycles. The van der Waals surface area contributed by atoms with Gasteiger partial charge in [0.25, 0.3) is 29.5 Å². The average molecular weight is 2060 g/mol. The Bertz CT molecular complexity index is 6090. The minimum absolute atomic E-state index is 0.0213. The highest BCUT2D eigenvalue weighted by Crippen LogP contribution is 2.39. The van der Waals surface area contributed by atoms with E-state index in [0.29, 0.717) is 154 Å². The predicted octanol–water partition coefficient (Wildman–Crippen LogP) is 13.9. The molecule has 150 heavy (non-hydrogen) atoms. The molecular weight excluding hydrogens is 1900 g/mol. The molecule has 806 valence electrons. The Morgan fingerprint density at radius 2 is 0.620 bits per heavy atom. The van der Waals surface area contributed by atoms with E-state index in [1.807, 2.05) is 165 Å². The summed E-state index contributed by atoms with van der Waals surface area (Å²) in [5.74, 6) is 0.810. The molecule has 2 unspecified atom stereocenters.